The first-order valence-electron chi connectivity index (χ1n) is 7.76. The number of nitrogens with two attached hydrogens (primary N) is 1. The number of hydrogen-bond acceptors (Lipinski definition) is 5. The number of nitrogens with zero attached hydrogens (tertiary/aromatic N) is 1. The number of primary amides is 1. The summed E-state index contributed by atoms with van der Waals surface area (Å²) in [7, 11) is 0. The SMILES string of the molecule is CC(C)(C)OC(N)=O.Cc1cccc(Oc2ccc(Cl)c(F)c2)c1[N+](=O)[O-]. The number of nitro groups is 1. The Labute approximate surface area is 161 Å². The molecule has 0 spiro atoms. The smallest absolute Gasteiger partial charge is 0.405 e. The van der Waals surface area contributed by atoms with Gasteiger partial charge in [-0.15, -0.1) is 0 Å². The largest absolute Gasteiger partial charge is 0.450 e. The third-order valence-electron chi connectivity index (χ3n) is 2.91. The first-order valence-corrected chi connectivity index (χ1v) is 8.14. The third-order valence-corrected chi connectivity index (χ3v) is 3.22. The normalized spacial score (nSPS) is 10.4. The van der Waals surface area contributed by atoms with Crippen LogP contribution in [0.4, 0.5) is 14.9 Å². The van der Waals surface area contributed by atoms with Gasteiger partial charge in [0, 0.05) is 11.6 Å². The Balaban J connectivity index is 0.000000387. The van der Waals surface area contributed by atoms with Crippen LogP contribution in [-0.4, -0.2) is 16.6 Å². The van der Waals surface area contributed by atoms with Crippen molar-refractivity contribution in [2.75, 3.05) is 0 Å². The number of carbonyl (C=O) groups is 1. The maximum Gasteiger partial charge on any atom is 0.405 e. The van der Waals surface area contributed by atoms with E-state index in [0.717, 1.165) is 6.07 Å². The minimum absolute atomic E-state index is 0.0360. The second-order valence-electron chi connectivity index (χ2n) is 6.39. The van der Waals surface area contributed by atoms with Crippen molar-refractivity contribution in [2.45, 2.75) is 33.3 Å². The zero-order chi connectivity index (χ0) is 20.8. The van der Waals surface area contributed by atoms with Gasteiger partial charge in [0.15, 0.2) is 0 Å². The lowest BCUT2D eigenvalue weighted by Crippen LogP contribution is -2.27. The molecule has 0 aliphatic carbocycles. The van der Waals surface area contributed by atoms with Crippen LogP contribution < -0.4 is 10.5 Å². The van der Waals surface area contributed by atoms with Crippen LogP contribution in [0.2, 0.25) is 5.02 Å². The fourth-order valence-electron chi connectivity index (χ4n) is 1.92. The molecule has 0 aromatic heterocycles. The molecular weight excluding hydrogens is 379 g/mol. The lowest BCUT2D eigenvalue weighted by atomic mass is 10.2. The predicted octanol–water partition coefficient (Wildman–Crippen LogP) is 5.37. The van der Waals surface area contributed by atoms with Gasteiger partial charge in [-0.05, 0) is 45.9 Å². The van der Waals surface area contributed by atoms with Gasteiger partial charge in [0.2, 0.25) is 5.75 Å². The van der Waals surface area contributed by atoms with Gasteiger partial charge in [-0.3, -0.25) is 10.1 Å². The molecule has 0 unspecified atom stereocenters. The molecule has 0 saturated heterocycles. The summed E-state index contributed by atoms with van der Waals surface area (Å²) in [4.78, 5) is 20.5. The second kappa shape index (κ2) is 9.18. The average Bonchev–Trinajstić information content (AvgIpc) is 2.49. The molecule has 2 rings (SSSR count). The summed E-state index contributed by atoms with van der Waals surface area (Å²) in [5.74, 6) is -0.434. The molecule has 9 heteroatoms. The number of rotatable bonds is 3. The summed E-state index contributed by atoms with van der Waals surface area (Å²) in [6.45, 7) is 6.89. The number of amides is 1. The average molecular weight is 399 g/mol. The quantitative estimate of drug-likeness (QED) is 0.552. The molecule has 0 fully saturated rings. The van der Waals surface area contributed by atoms with E-state index in [2.05, 4.69) is 4.74 Å². The van der Waals surface area contributed by atoms with E-state index in [1.54, 1.807) is 39.8 Å². The molecule has 0 atom stereocenters. The van der Waals surface area contributed by atoms with Crippen LogP contribution >= 0.6 is 11.6 Å². The van der Waals surface area contributed by atoms with E-state index in [0.29, 0.717) is 5.56 Å². The van der Waals surface area contributed by atoms with Crippen molar-refractivity contribution in [2.24, 2.45) is 5.73 Å². The highest BCUT2D eigenvalue weighted by atomic mass is 35.5. The Morgan fingerprint density at radius 2 is 1.89 bits per heavy atom. The number of aryl methyl sites for hydroxylation is 1. The van der Waals surface area contributed by atoms with E-state index in [9.17, 15) is 19.3 Å². The van der Waals surface area contributed by atoms with E-state index in [1.165, 1.54) is 18.2 Å². The lowest BCUT2D eigenvalue weighted by molar-refractivity contribution is -0.386. The molecule has 0 heterocycles. The minimum atomic E-state index is -0.725. The van der Waals surface area contributed by atoms with Crippen molar-refractivity contribution in [1.82, 2.24) is 0 Å². The van der Waals surface area contributed by atoms with Crippen LogP contribution in [0, 0.1) is 22.9 Å². The number of ether oxygens (including phenoxy) is 2. The molecule has 0 aliphatic heterocycles. The van der Waals surface area contributed by atoms with Gasteiger partial charge in [0.05, 0.1) is 9.95 Å². The third kappa shape index (κ3) is 7.49. The van der Waals surface area contributed by atoms with Gasteiger partial charge in [-0.2, -0.15) is 0 Å². The monoisotopic (exact) mass is 398 g/mol. The first-order chi connectivity index (χ1) is 12.4. The van der Waals surface area contributed by atoms with Crippen molar-refractivity contribution in [3.8, 4) is 11.5 Å². The molecular formula is C18H20ClFN2O5. The molecule has 1 amide bonds. The molecule has 0 aliphatic rings. The second-order valence-corrected chi connectivity index (χ2v) is 6.80. The number of nitro benzene ring substituents is 1. The van der Waals surface area contributed by atoms with Crippen molar-refractivity contribution in [1.29, 1.82) is 0 Å². The van der Waals surface area contributed by atoms with Crippen molar-refractivity contribution in [3.63, 3.8) is 0 Å². The van der Waals surface area contributed by atoms with Crippen LogP contribution in [0.1, 0.15) is 26.3 Å². The molecule has 0 radical (unpaired) electrons. The fraction of sp³-hybridized carbons (Fsp3) is 0.278. The Hall–Kier alpha value is -2.87. The number of hydrogen-bond donors (Lipinski definition) is 1. The summed E-state index contributed by atoms with van der Waals surface area (Å²) in [6, 6.07) is 8.54. The van der Waals surface area contributed by atoms with Crippen molar-refractivity contribution in [3.05, 3.63) is 62.9 Å². The van der Waals surface area contributed by atoms with Gasteiger partial charge < -0.3 is 15.2 Å². The van der Waals surface area contributed by atoms with Crippen molar-refractivity contribution < 1.29 is 23.6 Å². The Morgan fingerprint density at radius 3 is 2.33 bits per heavy atom. The van der Waals surface area contributed by atoms with Crippen LogP contribution in [0.15, 0.2) is 36.4 Å². The molecule has 0 bridgehead atoms. The zero-order valence-corrected chi connectivity index (χ0v) is 16.0. The maximum absolute atomic E-state index is 13.3. The molecule has 2 aromatic carbocycles. The van der Waals surface area contributed by atoms with Gasteiger partial charge in [0.25, 0.3) is 0 Å². The van der Waals surface area contributed by atoms with Crippen LogP contribution in [0.3, 0.4) is 0 Å². The van der Waals surface area contributed by atoms with E-state index in [1.807, 2.05) is 0 Å². The first kappa shape index (κ1) is 22.2. The molecule has 2 aromatic rings. The summed E-state index contributed by atoms with van der Waals surface area (Å²) in [5, 5.41) is 10.9. The standard InChI is InChI=1S/C13H9ClFNO3.C5H11NO2/c1-8-3-2-4-12(13(8)16(17)18)19-9-5-6-10(14)11(15)7-9;1-5(2,3)8-4(6)7/h2-7H,1H3;1-3H3,(H2,6,7). The number of halogens is 2. The molecule has 27 heavy (non-hydrogen) atoms. The summed E-state index contributed by atoms with van der Waals surface area (Å²) in [5.41, 5.74) is 4.59. The highest BCUT2D eigenvalue weighted by Crippen LogP contribution is 2.34. The van der Waals surface area contributed by atoms with Crippen LogP contribution in [0.25, 0.3) is 0 Å². The lowest BCUT2D eigenvalue weighted by Gasteiger charge is -2.16. The topological polar surface area (TPSA) is 105 Å². The van der Waals surface area contributed by atoms with Gasteiger partial charge in [0.1, 0.15) is 17.2 Å². The van der Waals surface area contributed by atoms with Gasteiger partial charge in [-0.25, -0.2) is 9.18 Å². The Morgan fingerprint density at radius 1 is 1.26 bits per heavy atom. The van der Waals surface area contributed by atoms with E-state index >= 15 is 0 Å². The highest BCUT2D eigenvalue weighted by Gasteiger charge is 2.19. The molecule has 146 valence electrons. The summed E-state index contributed by atoms with van der Waals surface area (Å²) < 4.78 is 23.2. The summed E-state index contributed by atoms with van der Waals surface area (Å²) >= 11 is 5.55. The maximum atomic E-state index is 13.3. The van der Waals surface area contributed by atoms with Crippen LogP contribution in [-0.2, 0) is 4.74 Å². The van der Waals surface area contributed by atoms with E-state index in [4.69, 9.17) is 22.1 Å². The molecule has 2 N–H and O–H groups in total. The molecule has 7 nitrogen and oxygen atoms in total. The highest BCUT2D eigenvalue weighted by molar-refractivity contribution is 6.30. The summed E-state index contributed by atoms with van der Waals surface area (Å²) in [6.07, 6.45) is -0.725. The molecule has 0 saturated carbocycles. The Kier molecular flexibility index (Phi) is 7.54. The minimum Gasteiger partial charge on any atom is -0.450 e. The number of carbonyl (C=O) groups excluding carboxylic acids is 1. The van der Waals surface area contributed by atoms with Gasteiger partial charge in [-0.1, -0.05) is 23.7 Å². The van der Waals surface area contributed by atoms with Gasteiger partial charge >= 0.3 is 11.8 Å². The van der Waals surface area contributed by atoms with Crippen molar-refractivity contribution >= 4 is 23.4 Å². The van der Waals surface area contributed by atoms with Crippen LogP contribution in [0.5, 0.6) is 11.5 Å². The van der Waals surface area contributed by atoms with E-state index < -0.39 is 22.4 Å². The fourth-order valence-corrected chi connectivity index (χ4v) is 2.04. The Bertz CT molecular complexity index is 837. The number of para-hydroxylation sites is 1. The van der Waals surface area contributed by atoms with E-state index in [-0.39, 0.29) is 22.2 Å². The zero-order valence-electron chi connectivity index (χ0n) is 15.3. The predicted molar refractivity (Wildman–Crippen MR) is 99.7 cm³/mol. The number of benzene rings is 2.